The van der Waals surface area contributed by atoms with E-state index >= 15 is 0 Å². The lowest BCUT2D eigenvalue weighted by Crippen LogP contribution is -2.23. The zero-order valence-corrected chi connectivity index (χ0v) is 10.9. The summed E-state index contributed by atoms with van der Waals surface area (Å²) in [6, 6.07) is 7.70. The first kappa shape index (κ1) is 12.6. The maximum Gasteiger partial charge on any atom is 0.332 e. The second kappa shape index (κ2) is 4.46. The third kappa shape index (κ3) is 2.11. The van der Waals surface area contributed by atoms with Gasteiger partial charge in [-0.3, -0.25) is 4.57 Å². The van der Waals surface area contributed by atoms with Gasteiger partial charge in [-0.15, -0.1) is 0 Å². The highest BCUT2D eigenvalue weighted by Gasteiger charge is 2.19. The summed E-state index contributed by atoms with van der Waals surface area (Å²) < 4.78 is 3.13. The van der Waals surface area contributed by atoms with Crippen LogP contribution in [0.25, 0.3) is 5.69 Å². The molecule has 0 aliphatic carbocycles. The standard InChI is InChI=1S/C14H18N2O2/c1-14(2,10-17)11-5-4-6-12(9-11)16-8-7-15(3)13(16)18/h4-9,17H,10H2,1-3H3. The van der Waals surface area contributed by atoms with E-state index in [4.69, 9.17) is 0 Å². The van der Waals surface area contributed by atoms with Crippen molar-refractivity contribution < 1.29 is 5.11 Å². The van der Waals surface area contributed by atoms with E-state index in [2.05, 4.69) is 0 Å². The molecule has 0 unspecified atom stereocenters. The summed E-state index contributed by atoms with van der Waals surface area (Å²) in [6.07, 6.45) is 3.47. The smallest absolute Gasteiger partial charge is 0.332 e. The van der Waals surface area contributed by atoms with Gasteiger partial charge in [0.2, 0.25) is 0 Å². The van der Waals surface area contributed by atoms with Crippen molar-refractivity contribution in [2.45, 2.75) is 19.3 Å². The fourth-order valence-corrected chi connectivity index (χ4v) is 1.83. The van der Waals surface area contributed by atoms with Crippen molar-refractivity contribution >= 4 is 0 Å². The number of imidazole rings is 1. The molecule has 96 valence electrons. The van der Waals surface area contributed by atoms with Crippen LogP contribution in [0.5, 0.6) is 0 Å². The summed E-state index contributed by atoms with van der Waals surface area (Å²) in [6.45, 7) is 4.01. The first-order valence-corrected chi connectivity index (χ1v) is 5.91. The zero-order chi connectivity index (χ0) is 13.3. The van der Waals surface area contributed by atoms with Crippen LogP contribution >= 0.6 is 0 Å². The molecule has 0 saturated heterocycles. The lowest BCUT2D eigenvalue weighted by molar-refractivity contribution is 0.218. The summed E-state index contributed by atoms with van der Waals surface area (Å²) in [5, 5.41) is 9.39. The Bertz CT molecular complexity index is 608. The number of rotatable bonds is 3. The van der Waals surface area contributed by atoms with Crippen LogP contribution in [0.2, 0.25) is 0 Å². The zero-order valence-electron chi connectivity index (χ0n) is 10.9. The lowest BCUT2D eigenvalue weighted by Gasteiger charge is -2.22. The first-order chi connectivity index (χ1) is 8.45. The molecule has 1 heterocycles. The van der Waals surface area contributed by atoms with Crippen molar-refractivity contribution in [3.63, 3.8) is 0 Å². The Morgan fingerprint density at radius 3 is 2.56 bits per heavy atom. The molecule has 0 spiro atoms. The van der Waals surface area contributed by atoms with Gasteiger partial charge in [-0.1, -0.05) is 26.0 Å². The van der Waals surface area contributed by atoms with Crippen molar-refractivity contribution in [2.75, 3.05) is 6.61 Å². The molecule has 0 aliphatic heterocycles. The molecular weight excluding hydrogens is 228 g/mol. The van der Waals surface area contributed by atoms with Gasteiger partial charge in [-0.25, -0.2) is 4.79 Å². The number of aliphatic hydroxyl groups excluding tert-OH is 1. The lowest BCUT2D eigenvalue weighted by atomic mass is 9.85. The second-order valence-electron chi connectivity index (χ2n) is 5.15. The Kier molecular flexibility index (Phi) is 3.13. The van der Waals surface area contributed by atoms with Crippen LogP contribution in [0.15, 0.2) is 41.5 Å². The average molecular weight is 246 g/mol. The van der Waals surface area contributed by atoms with Crippen molar-refractivity contribution in [3.05, 3.63) is 52.7 Å². The normalized spacial score (nSPS) is 11.8. The van der Waals surface area contributed by atoms with Crippen LogP contribution in [0, 0.1) is 0 Å². The van der Waals surface area contributed by atoms with Crippen LogP contribution in [-0.2, 0) is 12.5 Å². The number of hydrogen-bond donors (Lipinski definition) is 1. The summed E-state index contributed by atoms with van der Waals surface area (Å²) in [5.41, 5.74) is 1.45. The van der Waals surface area contributed by atoms with Crippen LogP contribution in [0.1, 0.15) is 19.4 Å². The molecule has 1 aromatic carbocycles. The van der Waals surface area contributed by atoms with Crippen molar-refractivity contribution in [1.29, 1.82) is 0 Å². The van der Waals surface area contributed by atoms with Gasteiger partial charge in [0.25, 0.3) is 0 Å². The van der Waals surface area contributed by atoms with Crippen LogP contribution in [0.4, 0.5) is 0 Å². The van der Waals surface area contributed by atoms with Gasteiger partial charge in [0, 0.05) is 24.9 Å². The van der Waals surface area contributed by atoms with E-state index < -0.39 is 0 Å². The van der Waals surface area contributed by atoms with Crippen molar-refractivity contribution in [3.8, 4) is 5.69 Å². The number of aromatic nitrogens is 2. The third-order valence-electron chi connectivity index (χ3n) is 3.25. The maximum atomic E-state index is 11.9. The van der Waals surface area contributed by atoms with Gasteiger partial charge in [-0.05, 0) is 17.7 Å². The fourth-order valence-electron chi connectivity index (χ4n) is 1.83. The highest BCUT2D eigenvalue weighted by atomic mass is 16.3. The van der Waals surface area contributed by atoms with Crippen LogP contribution in [-0.4, -0.2) is 20.8 Å². The van der Waals surface area contributed by atoms with Gasteiger partial charge in [0.1, 0.15) is 0 Å². The Labute approximate surface area is 106 Å². The molecule has 1 aromatic heterocycles. The molecular formula is C14H18N2O2. The molecule has 0 atom stereocenters. The molecule has 1 N–H and O–H groups in total. The number of aryl methyl sites for hydroxylation is 1. The molecule has 18 heavy (non-hydrogen) atoms. The van der Waals surface area contributed by atoms with Gasteiger partial charge >= 0.3 is 5.69 Å². The van der Waals surface area contributed by atoms with Gasteiger partial charge in [0.15, 0.2) is 0 Å². The summed E-state index contributed by atoms with van der Waals surface area (Å²) in [4.78, 5) is 11.9. The molecule has 4 nitrogen and oxygen atoms in total. The Morgan fingerprint density at radius 2 is 2.00 bits per heavy atom. The van der Waals surface area contributed by atoms with Gasteiger partial charge < -0.3 is 9.67 Å². The first-order valence-electron chi connectivity index (χ1n) is 5.91. The summed E-state index contributed by atoms with van der Waals surface area (Å²) >= 11 is 0. The summed E-state index contributed by atoms with van der Waals surface area (Å²) in [5.74, 6) is 0. The highest BCUT2D eigenvalue weighted by molar-refractivity contribution is 5.38. The number of hydrogen-bond acceptors (Lipinski definition) is 2. The van der Waals surface area contributed by atoms with Crippen LogP contribution < -0.4 is 5.69 Å². The minimum absolute atomic E-state index is 0.0696. The van der Waals surface area contributed by atoms with E-state index in [1.807, 2.05) is 38.1 Å². The second-order valence-corrected chi connectivity index (χ2v) is 5.15. The van der Waals surface area contributed by atoms with Gasteiger partial charge in [-0.2, -0.15) is 0 Å². The molecule has 0 amide bonds. The predicted molar refractivity (Wildman–Crippen MR) is 71.1 cm³/mol. The summed E-state index contributed by atoms with van der Waals surface area (Å²) in [7, 11) is 1.72. The minimum Gasteiger partial charge on any atom is -0.395 e. The fraction of sp³-hybridized carbons (Fsp3) is 0.357. The largest absolute Gasteiger partial charge is 0.395 e. The third-order valence-corrected chi connectivity index (χ3v) is 3.25. The minimum atomic E-state index is -0.311. The van der Waals surface area contributed by atoms with E-state index in [0.717, 1.165) is 11.3 Å². The molecule has 0 bridgehead atoms. The van der Waals surface area contributed by atoms with E-state index in [0.29, 0.717) is 0 Å². The topological polar surface area (TPSA) is 47.2 Å². The molecule has 2 rings (SSSR count). The highest BCUT2D eigenvalue weighted by Crippen LogP contribution is 2.23. The predicted octanol–water partition coefficient (Wildman–Crippen LogP) is 1.45. The quantitative estimate of drug-likeness (QED) is 0.891. The van der Waals surface area contributed by atoms with E-state index in [1.165, 1.54) is 4.57 Å². The monoisotopic (exact) mass is 246 g/mol. The number of aliphatic hydroxyl groups is 1. The van der Waals surface area contributed by atoms with Crippen molar-refractivity contribution in [2.24, 2.45) is 7.05 Å². The van der Waals surface area contributed by atoms with Crippen LogP contribution in [0.3, 0.4) is 0 Å². The SMILES string of the molecule is Cn1ccn(-c2cccc(C(C)(C)CO)c2)c1=O. The maximum absolute atomic E-state index is 11.9. The molecule has 4 heteroatoms. The molecule has 0 radical (unpaired) electrons. The van der Waals surface area contributed by atoms with Crippen molar-refractivity contribution in [1.82, 2.24) is 9.13 Å². The Morgan fingerprint density at radius 1 is 1.28 bits per heavy atom. The molecule has 0 fully saturated rings. The Hall–Kier alpha value is -1.81. The Balaban J connectivity index is 2.52. The number of benzene rings is 1. The molecule has 2 aromatic rings. The average Bonchev–Trinajstić information content (AvgIpc) is 2.70. The number of nitrogens with zero attached hydrogens (tertiary/aromatic N) is 2. The van der Waals surface area contributed by atoms with E-state index in [1.54, 1.807) is 24.0 Å². The van der Waals surface area contributed by atoms with E-state index in [9.17, 15) is 9.90 Å². The molecule has 0 aliphatic rings. The van der Waals surface area contributed by atoms with E-state index in [-0.39, 0.29) is 17.7 Å². The molecule has 0 saturated carbocycles. The van der Waals surface area contributed by atoms with Gasteiger partial charge in [0.05, 0.1) is 12.3 Å².